The first kappa shape index (κ1) is 12.1. The Morgan fingerprint density at radius 2 is 1.94 bits per heavy atom. The molecule has 2 rings (SSSR count). The molecular formula is C13H19NO3. The normalized spacial score (nSPS) is 32.1. The second-order valence-electron chi connectivity index (χ2n) is 5.06. The Morgan fingerprint density at radius 3 is 2.41 bits per heavy atom. The summed E-state index contributed by atoms with van der Waals surface area (Å²) < 4.78 is 0. The van der Waals surface area contributed by atoms with Gasteiger partial charge in [-0.15, -0.1) is 6.58 Å². The van der Waals surface area contributed by atoms with E-state index in [1.807, 2.05) is 0 Å². The summed E-state index contributed by atoms with van der Waals surface area (Å²) in [7, 11) is 0. The van der Waals surface area contributed by atoms with Gasteiger partial charge in [-0.2, -0.15) is 0 Å². The molecule has 4 nitrogen and oxygen atoms in total. The summed E-state index contributed by atoms with van der Waals surface area (Å²) in [5, 5.41) is 11.6. The van der Waals surface area contributed by atoms with Crippen LogP contribution in [0.3, 0.4) is 0 Å². The maximum atomic E-state index is 12.0. The van der Waals surface area contributed by atoms with Gasteiger partial charge in [-0.25, -0.2) is 4.79 Å². The summed E-state index contributed by atoms with van der Waals surface area (Å²) in [4.78, 5) is 22.9. The topological polar surface area (TPSA) is 66.4 Å². The highest BCUT2D eigenvalue weighted by molar-refractivity contribution is 5.87. The summed E-state index contributed by atoms with van der Waals surface area (Å²) in [5.74, 6) is 0.0473. The van der Waals surface area contributed by atoms with Crippen molar-refractivity contribution in [1.29, 1.82) is 0 Å². The fourth-order valence-corrected chi connectivity index (χ4v) is 3.04. The molecule has 0 aromatic heterocycles. The Kier molecular flexibility index (Phi) is 3.50. The lowest BCUT2D eigenvalue weighted by molar-refractivity contribution is -0.142. The van der Waals surface area contributed by atoms with Gasteiger partial charge in [-0.1, -0.05) is 18.9 Å². The van der Waals surface area contributed by atoms with Crippen molar-refractivity contribution < 1.29 is 14.7 Å². The van der Waals surface area contributed by atoms with Gasteiger partial charge in [0.1, 0.15) is 6.04 Å². The van der Waals surface area contributed by atoms with Gasteiger partial charge in [0.15, 0.2) is 0 Å². The summed E-state index contributed by atoms with van der Waals surface area (Å²) >= 11 is 0. The molecule has 0 aromatic carbocycles. The zero-order valence-electron chi connectivity index (χ0n) is 9.89. The Bertz CT molecular complexity index is 328. The molecule has 0 heterocycles. The second kappa shape index (κ2) is 4.90. The van der Waals surface area contributed by atoms with Gasteiger partial charge in [0.2, 0.25) is 5.91 Å². The molecule has 94 valence electrons. The van der Waals surface area contributed by atoms with Crippen LogP contribution >= 0.6 is 0 Å². The molecule has 0 radical (unpaired) electrons. The zero-order chi connectivity index (χ0) is 12.4. The van der Waals surface area contributed by atoms with E-state index < -0.39 is 12.0 Å². The number of rotatable bonds is 5. The zero-order valence-corrected chi connectivity index (χ0v) is 9.89. The predicted molar refractivity (Wildman–Crippen MR) is 63.3 cm³/mol. The van der Waals surface area contributed by atoms with E-state index in [2.05, 4.69) is 11.9 Å². The first-order chi connectivity index (χ1) is 8.15. The smallest absolute Gasteiger partial charge is 0.326 e. The Hall–Kier alpha value is -1.32. The highest BCUT2D eigenvalue weighted by Crippen LogP contribution is 2.55. The van der Waals surface area contributed by atoms with Crippen molar-refractivity contribution in [3.8, 4) is 0 Å². The van der Waals surface area contributed by atoms with Crippen LogP contribution in [0.25, 0.3) is 0 Å². The van der Waals surface area contributed by atoms with Gasteiger partial charge >= 0.3 is 5.97 Å². The van der Waals surface area contributed by atoms with Gasteiger partial charge in [0.05, 0.1) is 0 Å². The second-order valence-corrected chi connectivity index (χ2v) is 5.06. The molecule has 0 bridgehead atoms. The van der Waals surface area contributed by atoms with Crippen molar-refractivity contribution in [2.24, 2.45) is 17.8 Å². The summed E-state index contributed by atoms with van der Waals surface area (Å²) in [5.41, 5.74) is 0. The van der Waals surface area contributed by atoms with Crippen molar-refractivity contribution in [2.45, 2.75) is 38.1 Å². The van der Waals surface area contributed by atoms with E-state index >= 15 is 0 Å². The molecule has 17 heavy (non-hydrogen) atoms. The molecule has 3 atom stereocenters. The minimum Gasteiger partial charge on any atom is -0.480 e. The van der Waals surface area contributed by atoms with Crippen LogP contribution in [-0.2, 0) is 9.59 Å². The molecule has 0 spiro atoms. The average Bonchev–Trinajstić information content (AvgIpc) is 3.02. The maximum Gasteiger partial charge on any atom is 0.326 e. The van der Waals surface area contributed by atoms with Crippen LogP contribution in [0.1, 0.15) is 32.1 Å². The van der Waals surface area contributed by atoms with E-state index in [4.69, 9.17) is 5.11 Å². The summed E-state index contributed by atoms with van der Waals surface area (Å²) in [6.07, 6.45) is 6.48. The lowest BCUT2D eigenvalue weighted by Crippen LogP contribution is -2.41. The molecule has 0 aliphatic heterocycles. The number of carbonyl (C=O) groups excluding carboxylic acids is 1. The number of aliphatic carboxylic acids is 1. The van der Waals surface area contributed by atoms with Crippen molar-refractivity contribution in [1.82, 2.24) is 5.32 Å². The molecule has 0 aromatic rings. The first-order valence-electron chi connectivity index (χ1n) is 6.29. The minimum absolute atomic E-state index is 0.0730. The number of hydrogen-bond acceptors (Lipinski definition) is 2. The number of fused-ring (bicyclic) bond motifs is 1. The number of amides is 1. The summed E-state index contributed by atoms with van der Waals surface area (Å²) in [6.45, 7) is 3.51. The lowest BCUT2D eigenvalue weighted by atomic mass is 10.0. The third-order valence-electron chi connectivity index (χ3n) is 3.98. The molecule has 0 saturated heterocycles. The third kappa shape index (κ3) is 2.51. The monoisotopic (exact) mass is 237 g/mol. The largest absolute Gasteiger partial charge is 0.480 e. The third-order valence-corrected chi connectivity index (χ3v) is 3.98. The van der Waals surface area contributed by atoms with E-state index in [0.29, 0.717) is 11.8 Å². The molecule has 2 fully saturated rings. The van der Waals surface area contributed by atoms with Crippen LogP contribution in [0.4, 0.5) is 0 Å². The van der Waals surface area contributed by atoms with Crippen molar-refractivity contribution in [2.75, 3.05) is 0 Å². The van der Waals surface area contributed by atoms with Crippen molar-refractivity contribution >= 4 is 11.9 Å². The van der Waals surface area contributed by atoms with Gasteiger partial charge in [0, 0.05) is 5.92 Å². The van der Waals surface area contributed by atoms with Crippen molar-refractivity contribution in [3.05, 3.63) is 12.7 Å². The fraction of sp³-hybridized carbons (Fsp3) is 0.692. The van der Waals surface area contributed by atoms with E-state index in [9.17, 15) is 9.59 Å². The average molecular weight is 237 g/mol. The molecule has 2 aliphatic rings. The number of carboxylic acid groups (broad SMARTS) is 1. The quantitative estimate of drug-likeness (QED) is 0.713. The molecule has 2 N–H and O–H groups in total. The minimum atomic E-state index is -0.984. The van der Waals surface area contributed by atoms with Crippen LogP contribution < -0.4 is 5.32 Å². The van der Waals surface area contributed by atoms with E-state index in [0.717, 1.165) is 12.8 Å². The van der Waals surface area contributed by atoms with Gasteiger partial charge in [0.25, 0.3) is 0 Å². The number of hydrogen-bond donors (Lipinski definition) is 2. The van der Waals surface area contributed by atoms with Gasteiger partial charge in [-0.3, -0.25) is 4.79 Å². The molecule has 1 amide bonds. The highest BCUT2D eigenvalue weighted by Gasteiger charge is 2.54. The predicted octanol–water partition coefficient (Wildman–Crippen LogP) is 1.57. The summed E-state index contributed by atoms with van der Waals surface area (Å²) in [6, 6.07) is -0.817. The van der Waals surface area contributed by atoms with Gasteiger partial charge in [-0.05, 0) is 31.1 Å². The fourth-order valence-electron chi connectivity index (χ4n) is 3.04. The van der Waals surface area contributed by atoms with Crippen LogP contribution in [0.15, 0.2) is 12.7 Å². The number of carboxylic acids is 1. The first-order valence-corrected chi connectivity index (χ1v) is 6.29. The molecular weight excluding hydrogens is 218 g/mol. The maximum absolute atomic E-state index is 12.0. The molecule has 2 saturated carbocycles. The molecule has 2 aliphatic carbocycles. The van der Waals surface area contributed by atoms with Crippen LogP contribution in [0, 0.1) is 17.8 Å². The Balaban J connectivity index is 1.88. The van der Waals surface area contributed by atoms with Crippen molar-refractivity contribution in [3.63, 3.8) is 0 Å². The molecule has 3 unspecified atom stereocenters. The lowest BCUT2D eigenvalue weighted by Gasteiger charge is -2.12. The molecule has 4 heteroatoms. The van der Waals surface area contributed by atoms with E-state index in [1.54, 1.807) is 0 Å². The van der Waals surface area contributed by atoms with E-state index in [1.165, 1.54) is 18.9 Å². The van der Waals surface area contributed by atoms with Crippen LogP contribution in [-0.4, -0.2) is 23.0 Å². The van der Waals surface area contributed by atoms with E-state index in [-0.39, 0.29) is 18.2 Å². The standard InChI is InChI=1S/C13H19NO3/c1-2-5-10(13(16)17)14-12(15)11-8-6-3-4-7-9(8)11/h2,8-11H,1,3-7H2,(H,14,15)(H,16,17). The Labute approximate surface area is 101 Å². The SMILES string of the molecule is C=CCC(NC(=O)C1C2CCCCC21)C(=O)O. The number of carbonyl (C=O) groups is 2. The van der Waals surface area contributed by atoms with Crippen LogP contribution in [0.5, 0.6) is 0 Å². The highest BCUT2D eigenvalue weighted by atomic mass is 16.4. The van der Waals surface area contributed by atoms with Crippen LogP contribution in [0.2, 0.25) is 0 Å². The number of nitrogens with one attached hydrogen (secondary N) is 1. The van der Waals surface area contributed by atoms with Gasteiger partial charge < -0.3 is 10.4 Å². The Morgan fingerprint density at radius 1 is 1.35 bits per heavy atom.